The highest BCUT2D eigenvalue weighted by atomic mass is 35.5. The molecule has 31 heavy (non-hydrogen) atoms. The number of nitrogens with one attached hydrogen (secondary N) is 1. The van der Waals surface area contributed by atoms with Crippen LogP contribution in [0.15, 0.2) is 42.0 Å². The molecule has 1 aliphatic heterocycles. The number of hydrogen-bond acceptors (Lipinski definition) is 7. The Kier molecular flexibility index (Phi) is 5.47. The number of benzene rings is 1. The monoisotopic (exact) mass is 473 g/mol. The molecule has 1 N–H and O–H groups in total. The number of anilines is 2. The van der Waals surface area contributed by atoms with Gasteiger partial charge in [-0.25, -0.2) is 4.98 Å². The molecule has 11 heteroatoms. The topological polar surface area (TPSA) is 88.3 Å². The number of amides is 1. The lowest BCUT2D eigenvalue weighted by Crippen LogP contribution is -2.38. The standard InChI is InChI=1S/C20H17Cl2N7OS/c21-13-1-2-14(15(22)9-13)16-10-31-20(24-16)25-19(30)12-5-7-28(8-6-12)18-4-3-17-26-23-11-29(17)27-18/h1-4,9-12H,5-8H2,(H,24,25,30). The van der Waals surface area contributed by atoms with Gasteiger partial charge in [-0.3, -0.25) is 4.79 Å². The molecule has 0 aliphatic carbocycles. The van der Waals surface area contributed by atoms with Crippen LogP contribution in [-0.4, -0.2) is 43.8 Å². The third-order valence-electron chi connectivity index (χ3n) is 5.28. The third kappa shape index (κ3) is 4.21. The SMILES string of the molecule is O=C(Nc1nc(-c2ccc(Cl)cc2Cl)cs1)C1CCN(c2ccc3nncn3n2)CC1. The van der Waals surface area contributed by atoms with E-state index in [0.29, 0.717) is 26.5 Å². The zero-order chi connectivity index (χ0) is 21.4. The molecule has 0 unspecified atom stereocenters. The van der Waals surface area contributed by atoms with Crippen molar-refractivity contribution in [3.63, 3.8) is 0 Å². The van der Waals surface area contributed by atoms with Crippen LogP contribution >= 0.6 is 34.5 Å². The number of aromatic nitrogens is 5. The Morgan fingerprint density at radius 2 is 2.00 bits per heavy atom. The summed E-state index contributed by atoms with van der Waals surface area (Å²) >= 11 is 13.6. The molecule has 1 amide bonds. The van der Waals surface area contributed by atoms with Crippen molar-refractivity contribution in [3.8, 4) is 11.3 Å². The quantitative estimate of drug-likeness (QED) is 0.472. The van der Waals surface area contributed by atoms with Crippen LogP contribution in [0.5, 0.6) is 0 Å². The first kappa shape index (κ1) is 20.2. The fourth-order valence-electron chi connectivity index (χ4n) is 3.62. The number of hydrogen-bond donors (Lipinski definition) is 1. The Bertz CT molecular complexity index is 1250. The summed E-state index contributed by atoms with van der Waals surface area (Å²) in [5.41, 5.74) is 2.21. The number of rotatable bonds is 4. The summed E-state index contributed by atoms with van der Waals surface area (Å²) in [5, 5.41) is 18.8. The Morgan fingerprint density at radius 1 is 1.16 bits per heavy atom. The Hall–Kier alpha value is -2.75. The van der Waals surface area contributed by atoms with Crippen LogP contribution in [0.1, 0.15) is 12.8 Å². The third-order valence-corrected chi connectivity index (χ3v) is 6.58. The van der Waals surface area contributed by atoms with E-state index in [-0.39, 0.29) is 11.8 Å². The lowest BCUT2D eigenvalue weighted by molar-refractivity contribution is -0.120. The lowest BCUT2D eigenvalue weighted by Gasteiger charge is -2.31. The van der Waals surface area contributed by atoms with Crippen molar-refractivity contribution < 1.29 is 4.79 Å². The molecule has 1 fully saturated rings. The predicted octanol–water partition coefficient (Wildman–Crippen LogP) is 4.41. The van der Waals surface area contributed by atoms with Gasteiger partial charge < -0.3 is 10.2 Å². The molecule has 1 aliphatic rings. The second-order valence-electron chi connectivity index (χ2n) is 7.24. The minimum absolute atomic E-state index is 0.00928. The van der Waals surface area contributed by atoms with E-state index in [1.54, 1.807) is 23.0 Å². The van der Waals surface area contributed by atoms with Gasteiger partial charge in [0, 0.05) is 35.0 Å². The summed E-state index contributed by atoms with van der Waals surface area (Å²) < 4.78 is 1.65. The largest absolute Gasteiger partial charge is 0.355 e. The second kappa shape index (κ2) is 8.41. The van der Waals surface area contributed by atoms with Crippen LogP contribution in [0.3, 0.4) is 0 Å². The summed E-state index contributed by atoms with van der Waals surface area (Å²) in [6, 6.07) is 9.10. The highest BCUT2D eigenvalue weighted by Crippen LogP contribution is 2.33. The van der Waals surface area contributed by atoms with Gasteiger partial charge in [0.25, 0.3) is 0 Å². The average molecular weight is 474 g/mol. The van der Waals surface area contributed by atoms with Gasteiger partial charge in [-0.2, -0.15) is 4.52 Å². The van der Waals surface area contributed by atoms with E-state index in [1.165, 1.54) is 11.3 Å². The van der Waals surface area contributed by atoms with Gasteiger partial charge in [0.1, 0.15) is 12.1 Å². The van der Waals surface area contributed by atoms with E-state index < -0.39 is 0 Å². The fourth-order valence-corrected chi connectivity index (χ4v) is 4.84. The molecular weight excluding hydrogens is 457 g/mol. The molecule has 1 saturated heterocycles. The maximum Gasteiger partial charge on any atom is 0.229 e. The van der Waals surface area contributed by atoms with Crippen molar-refractivity contribution in [1.29, 1.82) is 0 Å². The molecule has 8 nitrogen and oxygen atoms in total. The maximum absolute atomic E-state index is 12.8. The van der Waals surface area contributed by atoms with Crippen LogP contribution in [0.2, 0.25) is 10.0 Å². The molecule has 0 bridgehead atoms. The van der Waals surface area contributed by atoms with Crippen LogP contribution < -0.4 is 10.2 Å². The second-order valence-corrected chi connectivity index (χ2v) is 8.94. The van der Waals surface area contributed by atoms with E-state index >= 15 is 0 Å². The highest BCUT2D eigenvalue weighted by molar-refractivity contribution is 7.14. The first-order valence-electron chi connectivity index (χ1n) is 9.70. The lowest BCUT2D eigenvalue weighted by atomic mass is 9.96. The number of piperidine rings is 1. The molecule has 1 aromatic carbocycles. The van der Waals surface area contributed by atoms with Crippen molar-refractivity contribution in [1.82, 2.24) is 24.8 Å². The number of carbonyl (C=O) groups excluding carboxylic acids is 1. The molecule has 158 valence electrons. The molecule has 3 aromatic heterocycles. The van der Waals surface area contributed by atoms with Crippen molar-refractivity contribution in [2.24, 2.45) is 5.92 Å². The van der Waals surface area contributed by atoms with Gasteiger partial charge >= 0.3 is 0 Å². The predicted molar refractivity (Wildman–Crippen MR) is 122 cm³/mol. The molecule has 4 aromatic rings. The number of nitrogens with zero attached hydrogens (tertiary/aromatic N) is 6. The summed E-state index contributed by atoms with van der Waals surface area (Å²) in [5.74, 6) is 0.780. The zero-order valence-corrected chi connectivity index (χ0v) is 18.5. The van der Waals surface area contributed by atoms with Gasteiger partial charge in [-0.15, -0.1) is 26.6 Å². The molecule has 0 atom stereocenters. The molecule has 5 rings (SSSR count). The van der Waals surface area contributed by atoms with Gasteiger partial charge in [-0.05, 0) is 43.2 Å². The summed E-state index contributed by atoms with van der Waals surface area (Å²) in [6.07, 6.45) is 3.07. The normalized spacial score (nSPS) is 14.8. The van der Waals surface area contributed by atoms with E-state index in [4.69, 9.17) is 23.2 Å². The smallest absolute Gasteiger partial charge is 0.229 e. The molecule has 0 saturated carbocycles. The number of carbonyl (C=O) groups is 1. The van der Waals surface area contributed by atoms with Crippen LogP contribution in [0.4, 0.5) is 10.9 Å². The Balaban J connectivity index is 1.20. The van der Waals surface area contributed by atoms with Crippen molar-refractivity contribution in [2.45, 2.75) is 12.8 Å². The van der Waals surface area contributed by atoms with Gasteiger partial charge in [0.15, 0.2) is 10.8 Å². The molecular formula is C20H17Cl2N7OS. The van der Waals surface area contributed by atoms with Crippen molar-refractivity contribution in [3.05, 3.63) is 52.1 Å². The summed E-state index contributed by atoms with van der Waals surface area (Å²) in [4.78, 5) is 19.5. The number of thiazole rings is 1. The molecule has 0 radical (unpaired) electrons. The van der Waals surface area contributed by atoms with Crippen molar-refractivity contribution in [2.75, 3.05) is 23.3 Å². The summed E-state index contributed by atoms with van der Waals surface area (Å²) in [6.45, 7) is 1.50. The minimum Gasteiger partial charge on any atom is -0.355 e. The summed E-state index contributed by atoms with van der Waals surface area (Å²) in [7, 11) is 0. The maximum atomic E-state index is 12.8. The van der Waals surface area contributed by atoms with Crippen molar-refractivity contribution >= 4 is 57.0 Å². The van der Waals surface area contributed by atoms with E-state index in [2.05, 4.69) is 30.5 Å². The van der Waals surface area contributed by atoms with E-state index in [1.807, 2.05) is 23.6 Å². The van der Waals surface area contributed by atoms with Crippen LogP contribution in [-0.2, 0) is 4.79 Å². The highest BCUT2D eigenvalue weighted by Gasteiger charge is 2.26. The van der Waals surface area contributed by atoms with Gasteiger partial charge in [-0.1, -0.05) is 23.2 Å². The van der Waals surface area contributed by atoms with E-state index in [0.717, 1.165) is 37.3 Å². The fraction of sp³-hybridized carbons (Fsp3) is 0.250. The average Bonchev–Trinajstić information content (AvgIpc) is 3.43. The number of fused-ring (bicyclic) bond motifs is 1. The van der Waals surface area contributed by atoms with Crippen LogP contribution in [0.25, 0.3) is 16.9 Å². The Labute approximate surface area is 191 Å². The Morgan fingerprint density at radius 3 is 2.81 bits per heavy atom. The van der Waals surface area contributed by atoms with E-state index in [9.17, 15) is 4.79 Å². The van der Waals surface area contributed by atoms with Gasteiger partial charge in [0.05, 0.1) is 10.7 Å². The first-order valence-corrected chi connectivity index (χ1v) is 11.3. The first-order chi connectivity index (χ1) is 15.1. The zero-order valence-electron chi connectivity index (χ0n) is 16.2. The number of halogens is 2. The van der Waals surface area contributed by atoms with Gasteiger partial charge in [0.2, 0.25) is 5.91 Å². The molecule has 0 spiro atoms. The molecule has 4 heterocycles. The minimum atomic E-state index is -0.0682. The van der Waals surface area contributed by atoms with Crippen LogP contribution in [0, 0.1) is 5.92 Å².